The van der Waals surface area contributed by atoms with Gasteiger partial charge in [-0.1, -0.05) is 0 Å². The highest BCUT2D eigenvalue weighted by atomic mass is 15.3. The van der Waals surface area contributed by atoms with Crippen LogP contribution >= 0.6 is 0 Å². The lowest BCUT2D eigenvalue weighted by atomic mass is 10.1. The van der Waals surface area contributed by atoms with Gasteiger partial charge in [-0.3, -0.25) is 4.68 Å². The lowest BCUT2D eigenvalue weighted by Crippen LogP contribution is -2.23. The average molecular weight is 179 g/mol. The van der Waals surface area contributed by atoms with Gasteiger partial charge in [0.25, 0.3) is 0 Å². The molecule has 1 heterocycles. The quantitative estimate of drug-likeness (QED) is 0.656. The van der Waals surface area contributed by atoms with Crippen molar-refractivity contribution in [1.29, 1.82) is 0 Å². The standard InChI is InChI=1S/C10H17N3/c1-2-13-10-6-9(11)5-3-4-8(10)7-12-13/h7,9H,2-6,11H2,1H3/t9-/m0/s1. The molecule has 1 aliphatic rings. The van der Waals surface area contributed by atoms with Crippen molar-refractivity contribution in [2.45, 2.75) is 45.2 Å². The minimum absolute atomic E-state index is 0.336. The SMILES string of the molecule is CCn1ncc2c1C[C@@H](N)CCC2. The highest BCUT2D eigenvalue weighted by Crippen LogP contribution is 2.19. The van der Waals surface area contributed by atoms with Crippen LogP contribution in [0.2, 0.25) is 0 Å². The highest BCUT2D eigenvalue weighted by Gasteiger charge is 2.17. The molecule has 72 valence electrons. The first-order chi connectivity index (χ1) is 6.31. The van der Waals surface area contributed by atoms with Gasteiger partial charge in [-0.15, -0.1) is 0 Å². The zero-order valence-corrected chi connectivity index (χ0v) is 8.16. The number of nitrogens with two attached hydrogens (primary N) is 1. The molecule has 0 saturated carbocycles. The molecule has 3 nitrogen and oxygen atoms in total. The van der Waals surface area contributed by atoms with Crippen LogP contribution in [0.1, 0.15) is 31.0 Å². The van der Waals surface area contributed by atoms with Crippen LogP contribution < -0.4 is 5.73 Å². The van der Waals surface area contributed by atoms with E-state index in [9.17, 15) is 0 Å². The molecule has 0 aliphatic heterocycles. The fraction of sp³-hybridized carbons (Fsp3) is 0.700. The Morgan fingerprint density at radius 1 is 1.69 bits per heavy atom. The van der Waals surface area contributed by atoms with E-state index in [1.807, 2.05) is 6.20 Å². The van der Waals surface area contributed by atoms with Crippen LogP contribution in [-0.2, 0) is 19.4 Å². The summed E-state index contributed by atoms with van der Waals surface area (Å²) in [6, 6.07) is 0.336. The minimum atomic E-state index is 0.336. The summed E-state index contributed by atoms with van der Waals surface area (Å²) in [5.41, 5.74) is 8.77. The minimum Gasteiger partial charge on any atom is -0.327 e. The predicted molar refractivity (Wildman–Crippen MR) is 52.5 cm³/mol. The van der Waals surface area contributed by atoms with Crippen molar-refractivity contribution in [2.24, 2.45) is 5.73 Å². The number of nitrogens with zero attached hydrogens (tertiary/aromatic N) is 2. The van der Waals surface area contributed by atoms with E-state index in [1.165, 1.54) is 17.7 Å². The largest absolute Gasteiger partial charge is 0.327 e. The number of hydrogen-bond acceptors (Lipinski definition) is 2. The summed E-state index contributed by atoms with van der Waals surface area (Å²) >= 11 is 0. The Morgan fingerprint density at radius 2 is 2.54 bits per heavy atom. The second-order valence-electron chi connectivity index (χ2n) is 3.79. The fourth-order valence-electron chi connectivity index (χ4n) is 2.07. The van der Waals surface area contributed by atoms with Crippen LogP contribution in [0.25, 0.3) is 0 Å². The van der Waals surface area contributed by atoms with Gasteiger partial charge in [0.15, 0.2) is 0 Å². The van der Waals surface area contributed by atoms with Crippen LogP contribution in [0.4, 0.5) is 0 Å². The summed E-state index contributed by atoms with van der Waals surface area (Å²) in [5.74, 6) is 0. The molecule has 0 amide bonds. The van der Waals surface area contributed by atoms with E-state index in [1.54, 1.807) is 0 Å². The monoisotopic (exact) mass is 179 g/mol. The van der Waals surface area contributed by atoms with E-state index in [2.05, 4.69) is 16.7 Å². The van der Waals surface area contributed by atoms with Gasteiger partial charge in [0.05, 0.1) is 6.20 Å². The molecule has 0 aromatic carbocycles. The van der Waals surface area contributed by atoms with Crippen LogP contribution in [0.3, 0.4) is 0 Å². The Labute approximate surface area is 78.9 Å². The Bertz CT molecular complexity index is 290. The van der Waals surface area contributed by atoms with E-state index in [4.69, 9.17) is 5.73 Å². The normalized spacial score (nSPS) is 22.5. The third-order valence-corrected chi connectivity index (χ3v) is 2.81. The average Bonchev–Trinajstić information content (AvgIpc) is 2.39. The molecule has 0 radical (unpaired) electrons. The van der Waals surface area contributed by atoms with Crippen molar-refractivity contribution in [3.05, 3.63) is 17.5 Å². The summed E-state index contributed by atoms with van der Waals surface area (Å²) in [7, 11) is 0. The maximum atomic E-state index is 5.99. The van der Waals surface area contributed by atoms with Gasteiger partial charge in [-0.2, -0.15) is 5.10 Å². The molecular weight excluding hydrogens is 162 g/mol. The zero-order valence-electron chi connectivity index (χ0n) is 8.16. The number of fused-ring (bicyclic) bond motifs is 1. The van der Waals surface area contributed by atoms with Gasteiger partial charge >= 0.3 is 0 Å². The van der Waals surface area contributed by atoms with E-state index >= 15 is 0 Å². The maximum Gasteiger partial charge on any atom is 0.0524 e. The highest BCUT2D eigenvalue weighted by molar-refractivity contribution is 5.20. The van der Waals surface area contributed by atoms with Gasteiger partial charge < -0.3 is 5.73 Å². The molecule has 1 aliphatic carbocycles. The Balaban J connectivity index is 2.32. The molecule has 1 atom stereocenters. The first kappa shape index (κ1) is 8.75. The van der Waals surface area contributed by atoms with E-state index in [0.29, 0.717) is 6.04 Å². The van der Waals surface area contributed by atoms with Crippen molar-refractivity contribution in [2.75, 3.05) is 0 Å². The molecule has 0 spiro atoms. The lowest BCUT2D eigenvalue weighted by Gasteiger charge is -2.09. The van der Waals surface area contributed by atoms with Gasteiger partial charge in [-0.05, 0) is 31.7 Å². The second-order valence-corrected chi connectivity index (χ2v) is 3.79. The number of aromatic nitrogens is 2. The summed E-state index contributed by atoms with van der Waals surface area (Å²) < 4.78 is 2.08. The van der Waals surface area contributed by atoms with Crippen molar-refractivity contribution in [3.63, 3.8) is 0 Å². The fourth-order valence-corrected chi connectivity index (χ4v) is 2.07. The summed E-state index contributed by atoms with van der Waals surface area (Å²) in [4.78, 5) is 0. The van der Waals surface area contributed by atoms with Crippen LogP contribution in [-0.4, -0.2) is 15.8 Å². The zero-order chi connectivity index (χ0) is 9.26. The number of hydrogen-bond donors (Lipinski definition) is 1. The predicted octanol–water partition coefficient (Wildman–Crippen LogP) is 1.11. The number of rotatable bonds is 1. The van der Waals surface area contributed by atoms with E-state index in [0.717, 1.165) is 25.8 Å². The molecule has 2 rings (SSSR count). The molecule has 3 heteroatoms. The topological polar surface area (TPSA) is 43.8 Å². The van der Waals surface area contributed by atoms with Gasteiger partial charge in [0.2, 0.25) is 0 Å². The smallest absolute Gasteiger partial charge is 0.0524 e. The van der Waals surface area contributed by atoms with E-state index < -0.39 is 0 Å². The first-order valence-corrected chi connectivity index (χ1v) is 5.10. The van der Waals surface area contributed by atoms with Crippen LogP contribution in [0.15, 0.2) is 6.20 Å². The summed E-state index contributed by atoms with van der Waals surface area (Å²) in [5, 5.41) is 4.35. The third kappa shape index (κ3) is 1.61. The molecule has 0 unspecified atom stereocenters. The molecule has 0 fully saturated rings. The molecule has 0 saturated heterocycles. The Hall–Kier alpha value is -0.830. The van der Waals surface area contributed by atoms with Gasteiger partial charge in [0, 0.05) is 24.7 Å². The third-order valence-electron chi connectivity index (χ3n) is 2.81. The number of aryl methyl sites for hydroxylation is 2. The molecule has 1 aromatic rings. The summed E-state index contributed by atoms with van der Waals surface area (Å²) in [6.45, 7) is 3.09. The maximum absolute atomic E-state index is 5.99. The molecular formula is C10H17N3. The molecule has 1 aromatic heterocycles. The molecule has 0 bridgehead atoms. The van der Waals surface area contributed by atoms with Crippen molar-refractivity contribution < 1.29 is 0 Å². The van der Waals surface area contributed by atoms with Crippen molar-refractivity contribution >= 4 is 0 Å². The second kappa shape index (κ2) is 3.50. The van der Waals surface area contributed by atoms with Crippen molar-refractivity contribution in [3.8, 4) is 0 Å². The Morgan fingerprint density at radius 3 is 3.31 bits per heavy atom. The lowest BCUT2D eigenvalue weighted by molar-refractivity contribution is 0.558. The molecule has 13 heavy (non-hydrogen) atoms. The first-order valence-electron chi connectivity index (χ1n) is 5.10. The van der Waals surface area contributed by atoms with Crippen LogP contribution in [0.5, 0.6) is 0 Å². The van der Waals surface area contributed by atoms with Gasteiger partial charge in [-0.25, -0.2) is 0 Å². The van der Waals surface area contributed by atoms with Gasteiger partial charge in [0.1, 0.15) is 0 Å². The van der Waals surface area contributed by atoms with Crippen molar-refractivity contribution in [1.82, 2.24) is 9.78 Å². The van der Waals surface area contributed by atoms with Crippen LogP contribution in [0, 0.1) is 0 Å². The summed E-state index contributed by atoms with van der Waals surface area (Å²) in [6.07, 6.45) is 6.53. The Kier molecular flexibility index (Phi) is 2.36. The van der Waals surface area contributed by atoms with E-state index in [-0.39, 0.29) is 0 Å². The molecule has 2 N–H and O–H groups in total.